The van der Waals surface area contributed by atoms with Gasteiger partial charge in [0.25, 0.3) is 11.1 Å². The minimum Gasteiger partial charge on any atom is -0.266 e. The average Bonchev–Trinajstić information content (AvgIpc) is 3.47. The van der Waals surface area contributed by atoms with Crippen LogP contribution >= 0.6 is 11.3 Å². The Balaban J connectivity index is 1.49. The molecule has 37 heavy (non-hydrogen) atoms. The maximum absolute atomic E-state index is 13.6. The Morgan fingerprint density at radius 1 is 0.865 bits per heavy atom. The second-order valence-corrected chi connectivity index (χ2v) is 9.37. The summed E-state index contributed by atoms with van der Waals surface area (Å²) in [5.74, 6) is -0.351. The van der Waals surface area contributed by atoms with Crippen LogP contribution in [0.25, 0.3) is 28.0 Å². The van der Waals surface area contributed by atoms with Gasteiger partial charge in [-0.05, 0) is 48.0 Å². The fraction of sp³-hybridized carbons (Fsp3) is 0.0357. The zero-order valence-corrected chi connectivity index (χ0v) is 20.1. The highest BCUT2D eigenvalue weighted by Crippen LogP contribution is 2.24. The highest BCUT2D eigenvalue weighted by Gasteiger charge is 2.15. The molecule has 3 aromatic carbocycles. The number of para-hydroxylation sites is 1. The minimum absolute atomic E-state index is 0.203. The third kappa shape index (κ3) is 4.48. The molecule has 0 spiro atoms. The number of rotatable bonds is 5. The molecule has 0 saturated heterocycles. The number of nitrogens with zero attached hydrogens (tertiary/aromatic N) is 5. The molecule has 0 amide bonds. The van der Waals surface area contributed by atoms with Gasteiger partial charge >= 0.3 is 0 Å². The van der Waals surface area contributed by atoms with E-state index >= 15 is 0 Å². The molecule has 7 nitrogen and oxygen atoms in total. The predicted molar refractivity (Wildman–Crippen MR) is 140 cm³/mol. The monoisotopic (exact) mass is 507 g/mol. The van der Waals surface area contributed by atoms with Crippen LogP contribution in [-0.2, 0) is 6.42 Å². The molecule has 0 bridgehead atoms. The van der Waals surface area contributed by atoms with Crippen molar-refractivity contribution in [2.24, 2.45) is 0 Å². The summed E-state index contributed by atoms with van der Waals surface area (Å²) in [5.41, 5.74) is 3.05. The van der Waals surface area contributed by atoms with Crippen LogP contribution < -0.4 is 15.7 Å². The SMILES string of the molecule is O=c1nc2s/c(=C\c3cn(-c4ccccc4)nc3-c3ccc(F)cc3)c(=O)n2nc1Cc1ccccc1. The molecule has 6 aromatic rings. The molecule has 0 saturated carbocycles. The average molecular weight is 508 g/mol. The normalized spacial score (nSPS) is 11.9. The van der Waals surface area contributed by atoms with Crippen LogP contribution in [-0.4, -0.2) is 24.4 Å². The van der Waals surface area contributed by atoms with E-state index in [1.54, 1.807) is 22.9 Å². The van der Waals surface area contributed by atoms with E-state index in [9.17, 15) is 14.0 Å². The van der Waals surface area contributed by atoms with E-state index in [0.29, 0.717) is 21.4 Å². The van der Waals surface area contributed by atoms with E-state index in [4.69, 9.17) is 5.10 Å². The number of fused-ring (bicyclic) bond motifs is 1. The number of thiazole rings is 1. The maximum Gasteiger partial charge on any atom is 0.296 e. The topological polar surface area (TPSA) is 82.1 Å². The van der Waals surface area contributed by atoms with E-state index in [0.717, 1.165) is 22.6 Å². The van der Waals surface area contributed by atoms with Crippen LogP contribution in [0.1, 0.15) is 16.8 Å². The quantitative estimate of drug-likeness (QED) is 0.356. The van der Waals surface area contributed by atoms with E-state index < -0.39 is 5.56 Å². The van der Waals surface area contributed by atoms with Crippen LogP contribution in [0.15, 0.2) is 101 Å². The van der Waals surface area contributed by atoms with Gasteiger partial charge in [0.15, 0.2) is 0 Å². The molecule has 0 atom stereocenters. The molecule has 3 heterocycles. The lowest BCUT2D eigenvalue weighted by Gasteiger charge is -2.00. The predicted octanol–water partition coefficient (Wildman–Crippen LogP) is 3.64. The number of hydrogen-bond acceptors (Lipinski definition) is 6. The van der Waals surface area contributed by atoms with Crippen molar-refractivity contribution in [3.05, 3.63) is 139 Å². The van der Waals surface area contributed by atoms with E-state index in [2.05, 4.69) is 10.1 Å². The van der Waals surface area contributed by atoms with Crippen molar-refractivity contribution in [1.29, 1.82) is 0 Å². The standard InChI is InChI=1S/C28H18FN5O2S/c29-21-13-11-19(12-14-21)25-20(17-33(32-25)22-9-5-2-6-10-22)16-24-27(36)34-28(37-24)30-26(35)23(31-34)15-18-7-3-1-4-8-18/h1-14,16-17H,15H2/b24-16-. The summed E-state index contributed by atoms with van der Waals surface area (Å²) in [6.45, 7) is 0. The van der Waals surface area contributed by atoms with Gasteiger partial charge in [0.2, 0.25) is 4.96 Å². The third-order valence-corrected chi connectivity index (χ3v) is 6.79. The summed E-state index contributed by atoms with van der Waals surface area (Å²) in [6, 6.07) is 25.0. The van der Waals surface area contributed by atoms with Crippen LogP contribution in [0, 0.1) is 5.82 Å². The third-order valence-electron chi connectivity index (χ3n) is 5.83. The van der Waals surface area contributed by atoms with Gasteiger partial charge in [-0.2, -0.15) is 19.7 Å². The summed E-state index contributed by atoms with van der Waals surface area (Å²) in [7, 11) is 0. The Morgan fingerprint density at radius 3 is 2.30 bits per heavy atom. The van der Waals surface area contributed by atoms with Gasteiger partial charge in [-0.3, -0.25) is 9.59 Å². The van der Waals surface area contributed by atoms with E-state index in [-0.39, 0.29) is 28.5 Å². The molecule has 180 valence electrons. The smallest absolute Gasteiger partial charge is 0.266 e. The first-order valence-corrected chi connectivity index (χ1v) is 12.3. The molecule has 0 fully saturated rings. The molecule has 0 unspecified atom stereocenters. The summed E-state index contributed by atoms with van der Waals surface area (Å²) in [4.78, 5) is 30.2. The van der Waals surface area contributed by atoms with E-state index in [1.165, 1.54) is 16.6 Å². The van der Waals surface area contributed by atoms with Crippen molar-refractivity contribution in [2.75, 3.05) is 0 Å². The number of halogens is 1. The lowest BCUT2D eigenvalue weighted by Crippen LogP contribution is -2.28. The fourth-order valence-electron chi connectivity index (χ4n) is 4.02. The fourth-order valence-corrected chi connectivity index (χ4v) is 4.92. The Hall–Kier alpha value is -4.76. The Kier molecular flexibility index (Phi) is 5.74. The second kappa shape index (κ2) is 9.36. The highest BCUT2D eigenvalue weighted by atomic mass is 32.1. The Labute approximate surface area is 213 Å². The van der Waals surface area contributed by atoms with Gasteiger partial charge in [-0.1, -0.05) is 59.9 Å². The molecule has 0 aliphatic heterocycles. The van der Waals surface area contributed by atoms with Crippen LogP contribution in [0.4, 0.5) is 4.39 Å². The Bertz CT molecular complexity index is 1900. The number of hydrogen-bond donors (Lipinski definition) is 0. The number of benzene rings is 3. The zero-order chi connectivity index (χ0) is 25.4. The summed E-state index contributed by atoms with van der Waals surface area (Å²) < 4.78 is 16.8. The summed E-state index contributed by atoms with van der Waals surface area (Å²) in [5, 5.41) is 9.04. The molecular formula is C28H18FN5O2S. The highest BCUT2D eigenvalue weighted by molar-refractivity contribution is 7.15. The van der Waals surface area contributed by atoms with Crippen molar-refractivity contribution < 1.29 is 4.39 Å². The molecule has 0 N–H and O–H groups in total. The molecule has 0 radical (unpaired) electrons. The van der Waals surface area contributed by atoms with Crippen molar-refractivity contribution in [3.63, 3.8) is 0 Å². The van der Waals surface area contributed by atoms with Gasteiger partial charge in [-0.15, -0.1) is 0 Å². The minimum atomic E-state index is -0.458. The molecular weight excluding hydrogens is 489 g/mol. The van der Waals surface area contributed by atoms with Gasteiger partial charge in [0.05, 0.1) is 10.2 Å². The maximum atomic E-state index is 13.6. The van der Waals surface area contributed by atoms with Crippen molar-refractivity contribution in [2.45, 2.75) is 6.42 Å². The lowest BCUT2D eigenvalue weighted by atomic mass is 10.1. The van der Waals surface area contributed by atoms with Crippen LogP contribution in [0.2, 0.25) is 0 Å². The first kappa shape index (κ1) is 22.7. The van der Waals surface area contributed by atoms with E-state index in [1.807, 2.05) is 66.9 Å². The summed E-state index contributed by atoms with van der Waals surface area (Å²) >= 11 is 1.08. The van der Waals surface area contributed by atoms with Crippen molar-refractivity contribution in [3.8, 4) is 16.9 Å². The lowest BCUT2D eigenvalue weighted by molar-refractivity contribution is 0.628. The molecule has 9 heteroatoms. The van der Waals surface area contributed by atoms with Crippen LogP contribution in [0.3, 0.4) is 0 Å². The zero-order valence-electron chi connectivity index (χ0n) is 19.3. The molecule has 0 aliphatic rings. The summed E-state index contributed by atoms with van der Waals surface area (Å²) in [6.07, 6.45) is 3.79. The van der Waals surface area contributed by atoms with Crippen molar-refractivity contribution >= 4 is 22.4 Å². The van der Waals surface area contributed by atoms with Gasteiger partial charge in [0.1, 0.15) is 17.2 Å². The Morgan fingerprint density at radius 2 is 1.57 bits per heavy atom. The first-order chi connectivity index (χ1) is 18.0. The molecule has 6 rings (SSSR count). The van der Waals surface area contributed by atoms with Crippen molar-refractivity contribution in [1.82, 2.24) is 24.4 Å². The first-order valence-electron chi connectivity index (χ1n) is 11.4. The van der Waals surface area contributed by atoms with Crippen LogP contribution in [0.5, 0.6) is 0 Å². The van der Waals surface area contributed by atoms with Gasteiger partial charge in [0, 0.05) is 23.7 Å². The van der Waals surface area contributed by atoms with Gasteiger partial charge < -0.3 is 0 Å². The number of aromatic nitrogens is 5. The van der Waals surface area contributed by atoms with Gasteiger partial charge in [-0.25, -0.2) is 9.07 Å². The molecule has 0 aliphatic carbocycles. The second-order valence-electron chi connectivity index (χ2n) is 8.36. The molecule has 3 aromatic heterocycles. The largest absolute Gasteiger partial charge is 0.296 e.